The first-order chi connectivity index (χ1) is 11.6. The minimum absolute atomic E-state index is 0.131. The van der Waals surface area contributed by atoms with Crippen molar-refractivity contribution in [2.45, 2.75) is 64.9 Å². The Labute approximate surface area is 144 Å². The number of hydrogen-bond acceptors (Lipinski definition) is 3. The summed E-state index contributed by atoms with van der Waals surface area (Å²) in [6.45, 7) is 3.97. The molecule has 1 aromatic carbocycles. The van der Waals surface area contributed by atoms with Crippen LogP contribution in [-0.4, -0.2) is 17.7 Å². The minimum atomic E-state index is -0.149. The van der Waals surface area contributed by atoms with Gasteiger partial charge in [0.2, 0.25) is 0 Å². The van der Waals surface area contributed by atoms with Crippen LogP contribution in [0.3, 0.4) is 0 Å². The zero-order valence-electron chi connectivity index (χ0n) is 14.8. The number of benzene rings is 1. The largest absolute Gasteiger partial charge is 0.491 e. The molecule has 4 heteroatoms. The molecule has 2 aliphatic rings. The molecule has 2 aliphatic carbocycles. The van der Waals surface area contributed by atoms with Crippen molar-refractivity contribution >= 4 is 11.6 Å². The summed E-state index contributed by atoms with van der Waals surface area (Å²) in [6.07, 6.45) is 8.91. The lowest BCUT2D eigenvalue weighted by atomic mass is 9.70. The Kier molecular flexibility index (Phi) is 5.54. The van der Waals surface area contributed by atoms with E-state index in [0.29, 0.717) is 5.56 Å². The third kappa shape index (κ3) is 4.37. The van der Waals surface area contributed by atoms with Gasteiger partial charge in [-0.05, 0) is 75.6 Å². The van der Waals surface area contributed by atoms with E-state index >= 15 is 0 Å². The van der Waals surface area contributed by atoms with Crippen molar-refractivity contribution in [3.05, 3.63) is 29.8 Å². The molecule has 0 bridgehead atoms. The Morgan fingerprint density at radius 3 is 2.54 bits per heavy atom. The molecule has 0 saturated heterocycles. The number of rotatable bonds is 4. The summed E-state index contributed by atoms with van der Waals surface area (Å²) < 4.78 is 5.60. The fourth-order valence-electron chi connectivity index (χ4n) is 3.94. The van der Waals surface area contributed by atoms with Crippen LogP contribution in [-0.2, 0) is 0 Å². The Bertz CT molecular complexity index is 592. The van der Waals surface area contributed by atoms with Crippen LogP contribution in [0.25, 0.3) is 0 Å². The summed E-state index contributed by atoms with van der Waals surface area (Å²) in [6, 6.07) is 7.22. The van der Waals surface area contributed by atoms with E-state index < -0.39 is 0 Å². The van der Waals surface area contributed by atoms with Gasteiger partial charge < -0.3 is 4.74 Å². The molecular formula is C20H28N2O2. The molecule has 0 aliphatic heterocycles. The summed E-state index contributed by atoms with van der Waals surface area (Å²) in [5.74, 6) is 2.31. The molecule has 1 N–H and O–H groups in total. The quantitative estimate of drug-likeness (QED) is 0.824. The zero-order chi connectivity index (χ0) is 16.9. The lowest BCUT2D eigenvalue weighted by Gasteiger charge is -2.35. The Morgan fingerprint density at radius 1 is 1.12 bits per heavy atom. The smallest absolute Gasteiger partial charge is 0.271 e. The van der Waals surface area contributed by atoms with E-state index in [-0.39, 0.29) is 12.0 Å². The maximum absolute atomic E-state index is 12.2. The van der Waals surface area contributed by atoms with Gasteiger partial charge in [-0.1, -0.05) is 19.3 Å². The van der Waals surface area contributed by atoms with Crippen LogP contribution in [0.15, 0.2) is 29.4 Å². The molecule has 0 spiro atoms. The predicted octanol–water partition coefficient (Wildman–Crippen LogP) is 4.55. The van der Waals surface area contributed by atoms with Crippen LogP contribution < -0.4 is 10.2 Å². The van der Waals surface area contributed by atoms with Crippen LogP contribution in [0.2, 0.25) is 0 Å². The maximum atomic E-state index is 12.2. The standard InChI is InChI=1S/C20H28N2O2/c1-14(2)24-19-11-8-16(9-12-19)20(23)22-21-18-10-7-15-5-3-4-6-17(15)13-18/h8-9,11-12,14-15,17H,3-7,10,13H2,1-2H3,(H,22,23)/b21-18-/t15-,17-/m1/s1. The van der Waals surface area contributed by atoms with Crippen molar-refractivity contribution in [3.8, 4) is 5.75 Å². The van der Waals surface area contributed by atoms with Crippen LogP contribution in [0.5, 0.6) is 5.75 Å². The highest BCUT2D eigenvalue weighted by Gasteiger charge is 2.30. The predicted molar refractivity (Wildman–Crippen MR) is 96.4 cm³/mol. The van der Waals surface area contributed by atoms with E-state index in [1.807, 2.05) is 26.0 Å². The Balaban J connectivity index is 1.54. The van der Waals surface area contributed by atoms with Crippen molar-refractivity contribution in [2.24, 2.45) is 16.9 Å². The van der Waals surface area contributed by atoms with Gasteiger partial charge >= 0.3 is 0 Å². The fraction of sp³-hybridized carbons (Fsp3) is 0.600. The zero-order valence-corrected chi connectivity index (χ0v) is 14.8. The SMILES string of the molecule is CC(C)Oc1ccc(C(=O)N/N=C2/CC[C@H]3CCCC[C@@H]3C2)cc1. The summed E-state index contributed by atoms with van der Waals surface area (Å²) in [5.41, 5.74) is 4.50. The number of hydrogen-bond donors (Lipinski definition) is 1. The molecule has 1 amide bonds. The fourth-order valence-corrected chi connectivity index (χ4v) is 3.94. The van der Waals surface area contributed by atoms with Gasteiger partial charge in [0.05, 0.1) is 6.10 Å². The van der Waals surface area contributed by atoms with Crippen molar-refractivity contribution in [3.63, 3.8) is 0 Å². The molecule has 2 saturated carbocycles. The first kappa shape index (κ1) is 17.0. The molecule has 0 aromatic heterocycles. The summed E-state index contributed by atoms with van der Waals surface area (Å²) in [4.78, 5) is 12.2. The van der Waals surface area contributed by atoms with Gasteiger partial charge in [-0.3, -0.25) is 4.79 Å². The Morgan fingerprint density at radius 2 is 1.83 bits per heavy atom. The number of ether oxygens (including phenoxy) is 1. The van der Waals surface area contributed by atoms with Crippen LogP contribution in [0, 0.1) is 11.8 Å². The molecule has 3 rings (SSSR count). The molecule has 1 aromatic rings. The van der Waals surface area contributed by atoms with Gasteiger partial charge in [-0.25, -0.2) is 5.43 Å². The number of carbonyl (C=O) groups excluding carboxylic acids is 1. The highest BCUT2D eigenvalue weighted by atomic mass is 16.5. The van der Waals surface area contributed by atoms with Gasteiger partial charge in [-0.15, -0.1) is 0 Å². The van der Waals surface area contributed by atoms with Crippen molar-refractivity contribution in [1.29, 1.82) is 0 Å². The number of amides is 1. The van der Waals surface area contributed by atoms with Gasteiger partial charge in [0.1, 0.15) is 5.75 Å². The molecule has 2 fully saturated rings. The average molecular weight is 328 g/mol. The second kappa shape index (κ2) is 7.82. The second-order valence-electron chi connectivity index (χ2n) is 7.36. The molecule has 0 radical (unpaired) electrons. The number of carbonyl (C=O) groups is 1. The van der Waals surface area contributed by atoms with E-state index in [4.69, 9.17) is 4.74 Å². The highest BCUT2D eigenvalue weighted by Crippen LogP contribution is 2.39. The van der Waals surface area contributed by atoms with E-state index in [0.717, 1.165) is 36.1 Å². The molecule has 130 valence electrons. The molecule has 2 atom stereocenters. The molecule has 0 heterocycles. The summed E-state index contributed by atoms with van der Waals surface area (Å²) >= 11 is 0. The van der Waals surface area contributed by atoms with Crippen molar-refractivity contribution in [2.75, 3.05) is 0 Å². The van der Waals surface area contributed by atoms with Gasteiger partial charge in [0, 0.05) is 11.3 Å². The van der Waals surface area contributed by atoms with Crippen LogP contribution in [0.1, 0.15) is 69.2 Å². The number of nitrogens with one attached hydrogen (secondary N) is 1. The first-order valence-electron chi connectivity index (χ1n) is 9.24. The monoisotopic (exact) mass is 328 g/mol. The summed E-state index contributed by atoms with van der Waals surface area (Å²) in [5, 5.41) is 4.41. The van der Waals surface area contributed by atoms with Crippen LogP contribution >= 0.6 is 0 Å². The van der Waals surface area contributed by atoms with Gasteiger partial charge in [0.25, 0.3) is 5.91 Å². The van der Waals surface area contributed by atoms with E-state index in [9.17, 15) is 4.79 Å². The average Bonchev–Trinajstić information content (AvgIpc) is 2.59. The van der Waals surface area contributed by atoms with E-state index in [1.165, 1.54) is 32.1 Å². The molecule has 24 heavy (non-hydrogen) atoms. The second-order valence-corrected chi connectivity index (χ2v) is 7.36. The van der Waals surface area contributed by atoms with Gasteiger partial charge in [-0.2, -0.15) is 5.10 Å². The highest BCUT2D eigenvalue weighted by molar-refractivity contribution is 5.95. The van der Waals surface area contributed by atoms with Crippen LogP contribution in [0.4, 0.5) is 0 Å². The molecular weight excluding hydrogens is 300 g/mol. The third-order valence-corrected chi connectivity index (χ3v) is 5.17. The molecule has 4 nitrogen and oxygen atoms in total. The lowest BCUT2D eigenvalue weighted by Crippen LogP contribution is -2.29. The number of nitrogens with zero attached hydrogens (tertiary/aromatic N) is 1. The number of fused-ring (bicyclic) bond motifs is 1. The maximum Gasteiger partial charge on any atom is 0.271 e. The Hall–Kier alpha value is -1.84. The van der Waals surface area contributed by atoms with E-state index in [1.54, 1.807) is 12.1 Å². The van der Waals surface area contributed by atoms with E-state index in [2.05, 4.69) is 10.5 Å². The van der Waals surface area contributed by atoms with Crippen molar-refractivity contribution < 1.29 is 9.53 Å². The first-order valence-corrected chi connectivity index (χ1v) is 9.24. The molecule has 0 unspecified atom stereocenters. The number of hydrazone groups is 1. The summed E-state index contributed by atoms with van der Waals surface area (Å²) in [7, 11) is 0. The van der Waals surface area contributed by atoms with Crippen molar-refractivity contribution in [1.82, 2.24) is 5.43 Å². The minimum Gasteiger partial charge on any atom is -0.491 e. The normalized spacial score (nSPS) is 25.4. The topological polar surface area (TPSA) is 50.7 Å². The third-order valence-electron chi connectivity index (χ3n) is 5.17. The van der Waals surface area contributed by atoms with Gasteiger partial charge in [0.15, 0.2) is 0 Å². The lowest BCUT2D eigenvalue weighted by molar-refractivity contribution is 0.0954.